The van der Waals surface area contributed by atoms with Crippen LogP contribution in [-0.2, 0) is 10.0 Å². The number of nitrogens with one attached hydrogen (secondary N) is 1. The molecule has 0 fully saturated rings. The molecule has 7 nitrogen and oxygen atoms in total. The number of nitrogens with two attached hydrogens (primary N) is 1. The summed E-state index contributed by atoms with van der Waals surface area (Å²) in [7, 11) is -3.78. The topological polar surface area (TPSA) is 107 Å². The lowest BCUT2D eigenvalue weighted by molar-refractivity contribution is 0.0994. The molecule has 0 aliphatic carbocycles. The first-order valence-corrected chi connectivity index (χ1v) is 12.2. The molecule has 0 spiro atoms. The van der Waals surface area contributed by atoms with Crippen LogP contribution < -0.4 is 10.5 Å². The Balaban J connectivity index is 1.80. The van der Waals surface area contributed by atoms with Crippen molar-refractivity contribution in [2.75, 3.05) is 4.72 Å². The van der Waals surface area contributed by atoms with Crippen molar-refractivity contribution in [3.63, 3.8) is 0 Å². The fourth-order valence-corrected chi connectivity index (χ4v) is 4.71. The third-order valence-corrected chi connectivity index (χ3v) is 6.68. The number of rotatable bonds is 7. The number of hydrogen-bond donors (Lipinski definition) is 2. The summed E-state index contributed by atoms with van der Waals surface area (Å²) < 4.78 is 29.5. The molecule has 1 heterocycles. The largest absolute Gasteiger partial charge is 0.364 e. The van der Waals surface area contributed by atoms with Crippen molar-refractivity contribution in [2.24, 2.45) is 5.73 Å². The molecule has 4 rings (SSSR count). The number of aromatic nitrogens is 2. The van der Waals surface area contributed by atoms with Crippen LogP contribution in [0.1, 0.15) is 17.4 Å². The molecule has 0 bridgehead atoms. The van der Waals surface area contributed by atoms with E-state index >= 15 is 0 Å². The highest BCUT2D eigenvalue weighted by atomic mass is 35.5. The minimum atomic E-state index is -3.78. The smallest absolute Gasteiger partial charge is 0.268 e. The fourth-order valence-electron chi connectivity index (χ4n) is 3.52. The van der Waals surface area contributed by atoms with Crippen LogP contribution in [0.4, 0.5) is 5.69 Å². The second-order valence-electron chi connectivity index (χ2n) is 7.37. The maximum absolute atomic E-state index is 12.8. The first-order valence-electron chi connectivity index (χ1n) is 10.3. The average Bonchev–Trinajstić information content (AvgIpc) is 3.20. The van der Waals surface area contributed by atoms with Crippen molar-refractivity contribution in [1.82, 2.24) is 9.78 Å². The summed E-state index contributed by atoms with van der Waals surface area (Å²) in [6, 6.07) is 21.9. The minimum Gasteiger partial charge on any atom is -0.364 e. The van der Waals surface area contributed by atoms with Crippen molar-refractivity contribution in [2.45, 2.75) is 11.8 Å². The highest BCUT2D eigenvalue weighted by Crippen LogP contribution is 2.36. The van der Waals surface area contributed by atoms with E-state index in [9.17, 15) is 13.2 Å². The van der Waals surface area contributed by atoms with E-state index in [1.165, 1.54) is 16.8 Å². The summed E-state index contributed by atoms with van der Waals surface area (Å²) in [6.45, 7) is 1.80. The molecule has 0 atom stereocenters. The maximum Gasteiger partial charge on any atom is 0.268 e. The molecule has 1 amide bonds. The van der Waals surface area contributed by atoms with Gasteiger partial charge in [-0.1, -0.05) is 60.1 Å². The average molecular weight is 493 g/mol. The standard InChI is InChI=1S/C25H21ClN4O3S/c1-2-16-30-24(25(27)31)22(17-8-12-19(26)13-9-17)23(28-30)18-10-14-21(15-11-18)34(32,33)29-20-6-4-3-5-7-20/h2-16,29H,1H3,(H2,27,31)/b16-2+. The Morgan fingerprint density at radius 2 is 1.59 bits per heavy atom. The fraction of sp³-hybridized carbons (Fsp3) is 0.0400. The molecule has 3 aromatic carbocycles. The van der Waals surface area contributed by atoms with E-state index in [0.29, 0.717) is 33.1 Å². The molecule has 0 unspecified atom stereocenters. The number of carbonyl (C=O) groups excluding carboxylic acids is 1. The molecule has 172 valence electrons. The van der Waals surface area contributed by atoms with Crippen LogP contribution in [0.5, 0.6) is 0 Å². The number of amides is 1. The number of allylic oxidation sites excluding steroid dienone is 1. The second-order valence-corrected chi connectivity index (χ2v) is 9.49. The van der Waals surface area contributed by atoms with Gasteiger partial charge in [-0.2, -0.15) is 5.10 Å². The monoisotopic (exact) mass is 492 g/mol. The predicted octanol–water partition coefficient (Wildman–Crippen LogP) is 5.26. The van der Waals surface area contributed by atoms with Crippen molar-refractivity contribution in [3.05, 3.63) is 95.7 Å². The van der Waals surface area contributed by atoms with Crippen LogP contribution in [0.2, 0.25) is 5.02 Å². The summed E-state index contributed by atoms with van der Waals surface area (Å²) in [4.78, 5) is 12.5. The molecule has 4 aromatic rings. The summed E-state index contributed by atoms with van der Waals surface area (Å²) in [5, 5.41) is 5.13. The van der Waals surface area contributed by atoms with Crippen molar-refractivity contribution in [1.29, 1.82) is 0 Å². The summed E-state index contributed by atoms with van der Waals surface area (Å²) in [6.07, 6.45) is 3.37. The Hall–Kier alpha value is -3.88. The van der Waals surface area contributed by atoms with Gasteiger partial charge in [0.1, 0.15) is 11.4 Å². The Morgan fingerprint density at radius 3 is 2.18 bits per heavy atom. The third-order valence-electron chi connectivity index (χ3n) is 5.03. The zero-order valence-electron chi connectivity index (χ0n) is 18.1. The lowest BCUT2D eigenvalue weighted by Gasteiger charge is -2.09. The Labute approximate surface area is 202 Å². The molecular weight excluding hydrogens is 472 g/mol. The minimum absolute atomic E-state index is 0.0937. The van der Waals surface area contributed by atoms with Gasteiger partial charge in [0.2, 0.25) is 0 Å². The van der Waals surface area contributed by atoms with Crippen molar-refractivity contribution < 1.29 is 13.2 Å². The normalized spacial score (nSPS) is 11.6. The van der Waals surface area contributed by atoms with Gasteiger partial charge in [-0.15, -0.1) is 0 Å². The molecule has 1 aromatic heterocycles. The van der Waals surface area contributed by atoms with Gasteiger partial charge in [0.15, 0.2) is 0 Å². The van der Waals surface area contributed by atoms with Gasteiger partial charge in [-0.3, -0.25) is 9.52 Å². The number of hydrogen-bond acceptors (Lipinski definition) is 4. The van der Waals surface area contributed by atoms with Gasteiger partial charge in [-0.25, -0.2) is 13.1 Å². The lowest BCUT2D eigenvalue weighted by atomic mass is 9.98. The van der Waals surface area contributed by atoms with Crippen LogP contribution in [0.15, 0.2) is 89.8 Å². The molecule has 0 saturated heterocycles. The molecule has 0 aliphatic heterocycles. The lowest BCUT2D eigenvalue weighted by Crippen LogP contribution is -2.16. The van der Waals surface area contributed by atoms with Crippen molar-refractivity contribution in [3.8, 4) is 22.4 Å². The maximum atomic E-state index is 12.8. The Kier molecular flexibility index (Phi) is 6.54. The van der Waals surface area contributed by atoms with Crippen LogP contribution in [0, 0.1) is 0 Å². The highest BCUT2D eigenvalue weighted by Gasteiger charge is 2.24. The van der Waals surface area contributed by atoms with E-state index in [-0.39, 0.29) is 10.6 Å². The molecule has 34 heavy (non-hydrogen) atoms. The Bertz CT molecular complexity index is 1460. The number of halogens is 1. The number of anilines is 1. The molecule has 9 heteroatoms. The zero-order valence-corrected chi connectivity index (χ0v) is 19.7. The first kappa shape index (κ1) is 23.3. The van der Waals surface area contributed by atoms with E-state index in [1.807, 2.05) is 0 Å². The van der Waals surface area contributed by atoms with Crippen LogP contribution >= 0.6 is 11.6 Å². The quantitative estimate of drug-likeness (QED) is 0.367. The molecule has 3 N–H and O–H groups in total. The van der Waals surface area contributed by atoms with Gasteiger partial charge in [0.25, 0.3) is 15.9 Å². The van der Waals surface area contributed by atoms with Gasteiger partial charge in [0, 0.05) is 28.0 Å². The predicted molar refractivity (Wildman–Crippen MR) is 135 cm³/mol. The van der Waals surface area contributed by atoms with Gasteiger partial charge in [-0.05, 0) is 48.9 Å². The second kappa shape index (κ2) is 9.54. The highest BCUT2D eigenvalue weighted by molar-refractivity contribution is 7.92. The number of primary amides is 1. The molecule has 0 aliphatic rings. The summed E-state index contributed by atoms with van der Waals surface area (Å²) in [5.74, 6) is -0.645. The summed E-state index contributed by atoms with van der Waals surface area (Å²) in [5.41, 5.74) is 8.71. The summed E-state index contributed by atoms with van der Waals surface area (Å²) >= 11 is 6.04. The van der Waals surface area contributed by atoms with Crippen LogP contribution in [-0.4, -0.2) is 24.1 Å². The van der Waals surface area contributed by atoms with Crippen molar-refractivity contribution >= 4 is 39.4 Å². The van der Waals surface area contributed by atoms with Gasteiger partial charge in [0.05, 0.1) is 4.90 Å². The molecule has 0 radical (unpaired) electrons. The van der Waals surface area contributed by atoms with E-state index < -0.39 is 15.9 Å². The Morgan fingerprint density at radius 1 is 0.971 bits per heavy atom. The SMILES string of the molecule is C/C=C/n1nc(-c2ccc(S(=O)(=O)Nc3ccccc3)cc2)c(-c2ccc(Cl)cc2)c1C(N)=O. The molecular formula is C25H21ClN4O3S. The molecule has 0 saturated carbocycles. The number of sulfonamides is 1. The number of nitrogens with zero attached hydrogens (tertiary/aromatic N) is 2. The number of para-hydroxylation sites is 1. The van der Waals surface area contributed by atoms with Gasteiger partial charge >= 0.3 is 0 Å². The third kappa shape index (κ3) is 4.73. The van der Waals surface area contributed by atoms with E-state index in [0.717, 1.165) is 0 Å². The zero-order chi connectivity index (χ0) is 24.3. The number of benzene rings is 3. The first-order chi connectivity index (χ1) is 16.3. The van der Waals surface area contributed by atoms with Crippen LogP contribution in [0.3, 0.4) is 0 Å². The van der Waals surface area contributed by atoms with Gasteiger partial charge < -0.3 is 5.73 Å². The van der Waals surface area contributed by atoms with E-state index in [1.54, 1.807) is 85.9 Å². The van der Waals surface area contributed by atoms with E-state index in [2.05, 4.69) is 9.82 Å². The number of carbonyl (C=O) groups is 1. The van der Waals surface area contributed by atoms with Crippen LogP contribution in [0.25, 0.3) is 28.6 Å². The van der Waals surface area contributed by atoms with E-state index in [4.69, 9.17) is 17.3 Å².